The molecule has 8 nitrogen and oxygen atoms in total. The Labute approximate surface area is 221 Å². The molecule has 1 fully saturated rings. The van der Waals surface area contributed by atoms with E-state index in [1.165, 1.54) is 0 Å². The van der Waals surface area contributed by atoms with Crippen LogP contribution in [0, 0.1) is 0 Å². The van der Waals surface area contributed by atoms with E-state index in [-0.39, 0.29) is 18.9 Å². The highest BCUT2D eigenvalue weighted by Gasteiger charge is 2.21. The summed E-state index contributed by atoms with van der Waals surface area (Å²) in [5, 5.41) is 14.2. The second kappa shape index (κ2) is 10.6. The van der Waals surface area contributed by atoms with Crippen molar-refractivity contribution >= 4 is 22.4 Å². The van der Waals surface area contributed by atoms with Gasteiger partial charge in [-0.15, -0.1) is 0 Å². The monoisotopic (exact) mass is 513 g/mol. The van der Waals surface area contributed by atoms with Crippen molar-refractivity contribution < 1.29 is 9.18 Å². The molecular formula is C29H32FN7O. The summed E-state index contributed by atoms with van der Waals surface area (Å²) in [4.78, 5) is 20.0. The first-order chi connectivity index (χ1) is 18.6. The SMILES string of the molecule is CN1CCN(c2cccc(C(=O)Cc3cc4cc(-c5cnn6c5CN(CCF)CC6)ccc4nn3)c2)CC1. The fourth-order valence-electron chi connectivity index (χ4n) is 5.40. The molecule has 0 bridgehead atoms. The first-order valence-corrected chi connectivity index (χ1v) is 13.2. The van der Waals surface area contributed by atoms with Crippen LogP contribution in [0.4, 0.5) is 10.1 Å². The summed E-state index contributed by atoms with van der Waals surface area (Å²) in [6.45, 7) is 6.29. The van der Waals surface area contributed by atoms with Crippen molar-refractivity contribution in [3.63, 3.8) is 0 Å². The summed E-state index contributed by atoms with van der Waals surface area (Å²) in [7, 11) is 2.14. The highest BCUT2D eigenvalue weighted by atomic mass is 19.1. The van der Waals surface area contributed by atoms with Crippen molar-refractivity contribution in [1.82, 2.24) is 29.8 Å². The van der Waals surface area contributed by atoms with Crippen LogP contribution in [-0.4, -0.2) is 88.6 Å². The number of hydrogen-bond acceptors (Lipinski definition) is 7. The van der Waals surface area contributed by atoms with Crippen molar-refractivity contribution in [2.45, 2.75) is 19.5 Å². The van der Waals surface area contributed by atoms with Crippen molar-refractivity contribution in [2.24, 2.45) is 0 Å². The Balaban J connectivity index is 1.22. The number of anilines is 1. The number of fused-ring (bicyclic) bond motifs is 2. The molecular weight excluding hydrogens is 481 g/mol. The second-order valence-corrected chi connectivity index (χ2v) is 10.2. The van der Waals surface area contributed by atoms with E-state index in [2.05, 4.69) is 49.2 Å². The summed E-state index contributed by atoms with van der Waals surface area (Å²) in [6.07, 6.45) is 2.09. The number of piperazine rings is 1. The average molecular weight is 514 g/mol. The Bertz CT molecular complexity index is 1460. The standard InChI is InChI=1S/C29H32FN7O/c1-34-9-12-36(13-10-34)25-4-2-3-22(17-25)29(38)18-24-16-23-15-21(5-6-27(23)33-32-24)26-19-31-37-14-11-35(8-7-30)20-28(26)37/h2-6,15-17,19H,7-14,18,20H2,1H3. The highest BCUT2D eigenvalue weighted by molar-refractivity contribution is 5.98. The number of hydrogen-bond donors (Lipinski definition) is 0. The Morgan fingerprint density at radius 3 is 2.68 bits per heavy atom. The number of aromatic nitrogens is 4. The normalized spacial score (nSPS) is 16.6. The number of ketones is 1. The smallest absolute Gasteiger partial charge is 0.168 e. The van der Waals surface area contributed by atoms with E-state index in [1.54, 1.807) is 0 Å². The van der Waals surface area contributed by atoms with Crippen LogP contribution >= 0.6 is 0 Å². The maximum absolute atomic E-state index is 13.2. The zero-order valence-electron chi connectivity index (χ0n) is 21.7. The molecule has 0 amide bonds. The Morgan fingerprint density at radius 1 is 0.974 bits per heavy atom. The van der Waals surface area contributed by atoms with Gasteiger partial charge in [-0.05, 0) is 42.9 Å². The first kappa shape index (κ1) is 24.6. The number of carbonyl (C=O) groups excluding carboxylic acids is 1. The summed E-state index contributed by atoms with van der Waals surface area (Å²) >= 11 is 0. The number of alkyl halides is 1. The highest BCUT2D eigenvalue weighted by Crippen LogP contribution is 2.29. The quantitative estimate of drug-likeness (QED) is 0.351. The third kappa shape index (κ3) is 5.04. The molecule has 0 N–H and O–H groups in total. The number of halogens is 1. The van der Waals surface area contributed by atoms with Gasteiger partial charge in [0.15, 0.2) is 5.78 Å². The molecule has 6 rings (SSSR count). The lowest BCUT2D eigenvalue weighted by Crippen LogP contribution is -2.44. The van der Waals surface area contributed by atoms with Gasteiger partial charge < -0.3 is 9.80 Å². The molecule has 38 heavy (non-hydrogen) atoms. The lowest BCUT2D eigenvalue weighted by atomic mass is 10.0. The zero-order chi connectivity index (χ0) is 26.1. The molecule has 0 saturated carbocycles. The molecule has 0 unspecified atom stereocenters. The lowest BCUT2D eigenvalue weighted by Gasteiger charge is -2.34. The van der Waals surface area contributed by atoms with E-state index in [1.807, 2.05) is 47.3 Å². The molecule has 4 heterocycles. The fourth-order valence-corrected chi connectivity index (χ4v) is 5.40. The van der Waals surface area contributed by atoms with Gasteiger partial charge in [-0.1, -0.05) is 18.2 Å². The summed E-state index contributed by atoms with van der Waals surface area (Å²) in [5.74, 6) is 0.0319. The third-order valence-electron chi connectivity index (χ3n) is 7.68. The lowest BCUT2D eigenvalue weighted by molar-refractivity contribution is 0.0991. The summed E-state index contributed by atoms with van der Waals surface area (Å²) in [5.41, 5.74) is 6.39. The van der Waals surface area contributed by atoms with Crippen molar-refractivity contribution in [2.75, 3.05) is 57.9 Å². The molecule has 2 aromatic heterocycles. The molecule has 2 aliphatic heterocycles. The molecule has 9 heteroatoms. The van der Waals surface area contributed by atoms with Gasteiger partial charge in [0.2, 0.25) is 0 Å². The van der Waals surface area contributed by atoms with Gasteiger partial charge in [-0.2, -0.15) is 15.3 Å². The third-order valence-corrected chi connectivity index (χ3v) is 7.68. The van der Waals surface area contributed by atoms with Gasteiger partial charge in [0, 0.05) is 68.0 Å². The molecule has 2 aliphatic rings. The van der Waals surface area contributed by atoms with E-state index >= 15 is 0 Å². The topological polar surface area (TPSA) is 70.4 Å². The van der Waals surface area contributed by atoms with Crippen LogP contribution in [0.5, 0.6) is 0 Å². The van der Waals surface area contributed by atoms with Crippen molar-refractivity contribution in [1.29, 1.82) is 0 Å². The summed E-state index contributed by atoms with van der Waals surface area (Å²) in [6, 6.07) is 15.9. The van der Waals surface area contributed by atoms with Crippen molar-refractivity contribution in [3.05, 3.63) is 71.7 Å². The maximum atomic E-state index is 13.2. The van der Waals surface area contributed by atoms with Gasteiger partial charge in [0.1, 0.15) is 6.67 Å². The summed E-state index contributed by atoms with van der Waals surface area (Å²) < 4.78 is 14.9. The number of Topliss-reactive ketones (excluding diaryl/α,β-unsaturated/α-hetero) is 1. The predicted octanol–water partition coefficient (Wildman–Crippen LogP) is 3.46. The van der Waals surface area contributed by atoms with Gasteiger partial charge in [0.25, 0.3) is 0 Å². The van der Waals surface area contributed by atoms with Crippen LogP contribution < -0.4 is 4.90 Å². The van der Waals surface area contributed by atoms with E-state index < -0.39 is 0 Å². The molecule has 0 radical (unpaired) electrons. The Morgan fingerprint density at radius 2 is 1.84 bits per heavy atom. The number of benzene rings is 2. The molecule has 0 aliphatic carbocycles. The van der Waals surface area contributed by atoms with Crippen molar-refractivity contribution in [3.8, 4) is 11.1 Å². The van der Waals surface area contributed by atoms with Crippen LogP contribution in [0.1, 0.15) is 21.7 Å². The van der Waals surface area contributed by atoms with Gasteiger partial charge in [-0.3, -0.25) is 14.4 Å². The van der Waals surface area contributed by atoms with E-state index in [0.29, 0.717) is 24.3 Å². The predicted molar refractivity (Wildman–Crippen MR) is 146 cm³/mol. The number of carbonyl (C=O) groups is 1. The van der Waals surface area contributed by atoms with Gasteiger partial charge in [-0.25, -0.2) is 4.39 Å². The van der Waals surface area contributed by atoms with E-state index in [9.17, 15) is 9.18 Å². The van der Waals surface area contributed by atoms with Crippen LogP contribution in [0.2, 0.25) is 0 Å². The molecule has 196 valence electrons. The first-order valence-electron chi connectivity index (χ1n) is 13.2. The van der Waals surface area contributed by atoms with Gasteiger partial charge in [0.05, 0.1) is 36.1 Å². The van der Waals surface area contributed by atoms with Crippen LogP contribution in [0.3, 0.4) is 0 Å². The molecule has 0 atom stereocenters. The molecule has 2 aromatic carbocycles. The average Bonchev–Trinajstić information content (AvgIpc) is 3.37. The minimum absolute atomic E-state index is 0.0319. The molecule has 1 saturated heterocycles. The molecule has 0 spiro atoms. The maximum Gasteiger partial charge on any atom is 0.168 e. The van der Waals surface area contributed by atoms with Crippen LogP contribution in [0.15, 0.2) is 54.7 Å². The fraction of sp³-hybridized carbons (Fsp3) is 0.379. The zero-order valence-corrected chi connectivity index (χ0v) is 21.7. The minimum Gasteiger partial charge on any atom is -0.369 e. The number of rotatable bonds is 7. The van der Waals surface area contributed by atoms with E-state index in [0.717, 1.165) is 72.7 Å². The minimum atomic E-state index is -0.347. The Hall–Kier alpha value is -3.69. The molecule has 4 aromatic rings. The number of likely N-dealkylation sites (N-methyl/N-ethyl adjacent to an activating group) is 1. The van der Waals surface area contributed by atoms with Crippen LogP contribution in [0.25, 0.3) is 22.0 Å². The Kier molecular flexibility index (Phi) is 6.86. The van der Waals surface area contributed by atoms with Crippen LogP contribution in [-0.2, 0) is 19.5 Å². The number of nitrogens with zero attached hydrogens (tertiary/aromatic N) is 7. The largest absolute Gasteiger partial charge is 0.369 e. The second-order valence-electron chi connectivity index (χ2n) is 10.2. The van der Waals surface area contributed by atoms with Gasteiger partial charge >= 0.3 is 0 Å². The van der Waals surface area contributed by atoms with E-state index in [4.69, 9.17) is 0 Å².